The van der Waals surface area contributed by atoms with Crippen LogP contribution >= 0.6 is 12.4 Å². The van der Waals surface area contributed by atoms with Crippen molar-refractivity contribution < 1.29 is 0 Å². The minimum atomic E-state index is -0.180. The second-order valence-corrected chi connectivity index (χ2v) is 5.73. The maximum absolute atomic E-state index is 6.39. The Morgan fingerprint density at radius 2 is 1.68 bits per heavy atom. The van der Waals surface area contributed by atoms with Gasteiger partial charge in [-0.05, 0) is 36.6 Å². The molecule has 0 bridgehead atoms. The Labute approximate surface area is 122 Å². The Hall–Kier alpha value is -1.05. The van der Waals surface area contributed by atoms with Gasteiger partial charge in [0.1, 0.15) is 0 Å². The zero-order valence-electron chi connectivity index (χ0n) is 12.0. The molecule has 0 amide bonds. The van der Waals surface area contributed by atoms with E-state index in [1.165, 1.54) is 16.3 Å². The van der Waals surface area contributed by atoms with Crippen molar-refractivity contribution >= 4 is 23.2 Å². The molecule has 2 aromatic carbocycles. The van der Waals surface area contributed by atoms with E-state index in [4.69, 9.17) is 5.73 Å². The first kappa shape index (κ1) is 16.0. The van der Waals surface area contributed by atoms with Gasteiger partial charge in [-0.15, -0.1) is 12.4 Å². The van der Waals surface area contributed by atoms with Crippen LogP contribution in [0.25, 0.3) is 10.8 Å². The maximum atomic E-state index is 6.39. The molecule has 1 unspecified atom stereocenters. The molecule has 0 fully saturated rings. The topological polar surface area (TPSA) is 26.0 Å². The van der Waals surface area contributed by atoms with Crippen LogP contribution in [-0.2, 0) is 0 Å². The Kier molecular flexibility index (Phi) is 5.39. The van der Waals surface area contributed by atoms with Gasteiger partial charge in [0.25, 0.3) is 0 Å². The van der Waals surface area contributed by atoms with E-state index in [2.05, 4.69) is 63.2 Å². The summed E-state index contributed by atoms with van der Waals surface area (Å²) in [6, 6.07) is 15.1. The van der Waals surface area contributed by atoms with Crippen molar-refractivity contribution in [3.05, 3.63) is 48.0 Å². The van der Waals surface area contributed by atoms with Crippen LogP contribution in [0, 0.1) is 0 Å². The monoisotopic (exact) mass is 277 g/mol. The standard InChI is InChI=1S/C17H23N.ClH/c1-4-8-16(17(2,3)18)15-12-7-10-13-9-5-6-11-14(13)15;/h5-7,9-12,16H,4,8,18H2,1-3H3;1H. The van der Waals surface area contributed by atoms with E-state index in [-0.39, 0.29) is 17.9 Å². The SMILES string of the molecule is CCCC(c1cccc2ccccc12)C(C)(C)N.Cl. The van der Waals surface area contributed by atoms with Crippen molar-refractivity contribution in [2.75, 3.05) is 0 Å². The van der Waals surface area contributed by atoms with Crippen LogP contribution in [0.1, 0.15) is 45.1 Å². The summed E-state index contributed by atoms with van der Waals surface area (Å²) in [4.78, 5) is 0. The van der Waals surface area contributed by atoms with Gasteiger partial charge in [0.2, 0.25) is 0 Å². The molecule has 1 atom stereocenters. The average Bonchev–Trinajstić information content (AvgIpc) is 2.34. The minimum Gasteiger partial charge on any atom is -0.325 e. The van der Waals surface area contributed by atoms with Gasteiger partial charge in [-0.2, -0.15) is 0 Å². The third kappa shape index (κ3) is 3.49. The predicted octanol–water partition coefficient (Wildman–Crippen LogP) is 4.88. The number of rotatable bonds is 4. The molecule has 2 aromatic rings. The molecule has 104 valence electrons. The lowest BCUT2D eigenvalue weighted by atomic mass is 9.78. The fraction of sp³-hybridized carbons (Fsp3) is 0.412. The highest BCUT2D eigenvalue weighted by Crippen LogP contribution is 2.35. The summed E-state index contributed by atoms with van der Waals surface area (Å²) < 4.78 is 0. The van der Waals surface area contributed by atoms with Crippen LogP contribution in [0.15, 0.2) is 42.5 Å². The van der Waals surface area contributed by atoms with Gasteiger partial charge in [-0.1, -0.05) is 55.8 Å². The Morgan fingerprint density at radius 3 is 2.32 bits per heavy atom. The summed E-state index contributed by atoms with van der Waals surface area (Å²) in [5.41, 5.74) is 7.60. The van der Waals surface area contributed by atoms with Crippen LogP contribution in [0.2, 0.25) is 0 Å². The normalized spacial score (nSPS) is 13.1. The summed E-state index contributed by atoms with van der Waals surface area (Å²) in [6.45, 7) is 6.49. The molecular formula is C17H24ClN. The first-order chi connectivity index (χ1) is 8.54. The van der Waals surface area contributed by atoms with Gasteiger partial charge in [0.05, 0.1) is 0 Å². The molecule has 2 N–H and O–H groups in total. The molecule has 1 nitrogen and oxygen atoms in total. The molecule has 0 saturated heterocycles. The van der Waals surface area contributed by atoms with Gasteiger partial charge in [0.15, 0.2) is 0 Å². The van der Waals surface area contributed by atoms with Crippen LogP contribution in [-0.4, -0.2) is 5.54 Å². The van der Waals surface area contributed by atoms with Crippen molar-refractivity contribution in [3.8, 4) is 0 Å². The number of fused-ring (bicyclic) bond motifs is 1. The second-order valence-electron chi connectivity index (χ2n) is 5.73. The van der Waals surface area contributed by atoms with Gasteiger partial charge >= 0.3 is 0 Å². The lowest BCUT2D eigenvalue weighted by Gasteiger charge is -2.31. The third-order valence-corrected chi connectivity index (χ3v) is 3.67. The van der Waals surface area contributed by atoms with Gasteiger partial charge < -0.3 is 5.73 Å². The quantitative estimate of drug-likeness (QED) is 0.847. The number of nitrogens with two attached hydrogens (primary N) is 1. The fourth-order valence-electron chi connectivity index (χ4n) is 2.77. The van der Waals surface area contributed by atoms with Crippen molar-refractivity contribution in [1.82, 2.24) is 0 Å². The maximum Gasteiger partial charge on any atom is 0.0166 e. The minimum absolute atomic E-state index is 0. The van der Waals surface area contributed by atoms with Gasteiger partial charge in [-0.3, -0.25) is 0 Å². The zero-order chi connectivity index (χ0) is 13.2. The first-order valence-corrected chi connectivity index (χ1v) is 6.80. The highest BCUT2D eigenvalue weighted by Gasteiger charge is 2.26. The summed E-state index contributed by atoms with van der Waals surface area (Å²) in [5.74, 6) is 0.411. The van der Waals surface area contributed by atoms with Crippen LogP contribution < -0.4 is 5.73 Å². The number of hydrogen-bond donors (Lipinski definition) is 1. The molecule has 2 rings (SSSR count). The smallest absolute Gasteiger partial charge is 0.0166 e. The van der Waals surface area contributed by atoms with Crippen molar-refractivity contribution in [3.63, 3.8) is 0 Å². The van der Waals surface area contributed by atoms with E-state index in [1.807, 2.05) is 0 Å². The van der Waals surface area contributed by atoms with Crippen molar-refractivity contribution in [2.24, 2.45) is 5.73 Å². The zero-order valence-corrected chi connectivity index (χ0v) is 12.8. The molecule has 0 aliphatic rings. The van der Waals surface area contributed by atoms with Crippen molar-refractivity contribution in [2.45, 2.75) is 45.1 Å². The lowest BCUT2D eigenvalue weighted by Crippen LogP contribution is -2.39. The largest absolute Gasteiger partial charge is 0.325 e. The van der Waals surface area contributed by atoms with Gasteiger partial charge in [0, 0.05) is 11.5 Å². The average molecular weight is 278 g/mol. The molecule has 0 heterocycles. The highest BCUT2D eigenvalue weighted by molar-refractivity contribution is 5.86. The second kappa shape index (κ2) is 6.40. The highest BCUT2D eigenvalue weighted by atomic mass is 35.5. The molecule has 2 heteroatoms. The van der Waals surface area contributed by atoms with E-state index in [0.29, 0.717) is 5.92 Å². The number of halogens is 1. The Bertz CT molecular complexity index is 523. The number of hydrogen-bond acceptors (Lipinski definition) is 1. The molecule has 0 aliphatic carbocycles. The van der Waals surface area contributed by atoms with E-state index < -0.39 is 0 Å². The summed E-state index contributed by atoms with van der Waals surface area (Å²) in [5, 5.41) is 2.65. The lowest BCUT2D eigenvalue weighted by molar-refractivity contribution is 0.389. The van der Waals surface area contributed by atoms with E-state index in [9.17, 15) is 0 Å². The molecular weight excluding hydrogens is 254 g/mol. The molecule has 0 spiro atoms. The van der Waals surface area contributed by atoms with Crippen LogP contribution in [0.4, 0.5) is 0 Å². The summed E-state index contributed by atoms with van der Waals surface area (Å²) >= 11 is 0. The fourth-order valence-corrected chi connectivity index (χ4v) is 2.77. The molecule has 0 radical (unpaired) electrons. The molecule has 19 heavy (non-hydrogen) atoms. The molecule has 0 aromatic heterocycles. The van der Waals surface area contributed by atoms with Gasteiger partial charge in [-0.25, -0.2) is 0 Å². The summed E-state index contributed by atoms with van der Waals surface area (Å²) in [7, 11) is 0. The van der Waals surface area contributed by atoms with E-state index >= 15 is 0 Å². The van der Waals surface area contributed by atoms with E-state index in [0.717, 1.165) is 12.8 Å². The first-order valence-electron chi connectivity index (χ1n) is 6.80. The molecule has 0 aliphatic heterocycles. The predicted molar refractivity (Wildman–Crippen MR) is 87.1 cm³/mol. The van der Waals surface area contributed by atoms with E-state index in [1.54, 1.807) is 0 Å². The van der Waals surface area contributed by atoms with Crippen LogP contribution in [0.3, 0.4) is 0 Å². The van der Waals surface area contributed by atoms with Crippen molar-refractivity contribution in [1.29, 1.82) is 0 Å². The number of benzene rings is 2. The Morgan fingerprint density at radius 1 is 1.05 bits per heavy atom. The third-order valence-electron chi connectivity index (χ3n) is 3.67. The molecule has 0 saturated carbocycles. The van der Waals surface area contributed by atoms with Crippen LogP contribution in [0.5, 0.6) is 0 Å². The summed E-state index contributed by atoms with van der Waals surface area (Å²) in [6.07, 6.45) is 2.30. The Balaban J connectivity index is 0.00000180.